The van der Waals surface area contributed by atoms with Gasteiger partial charge in [0.2, 0.25) is 0 Å². The number of hydrogen-bond donors (Lipinski definition) is 1. The van der Waals surface area contributed by atoms with Gasteiger partial charge < -0.3 is 5.32 Å². The molecule has 0 saturated heterocycles. The maximum Gasteiger partial charge on any atom is 0.271 e. The lowest BCUT2D eigenvalue weighted by Crippen LogP contribution is -2.06. The van der Waals surface area contributed by atoms with Crippen LogP contribution in [0.15, 0.2) is 42.5 Å². The zero-order chi connectivity index (χ0) is 14.5. The number of aryl methyl sites for hydroxylation is 2. The van der Waals surface area contributed by atoms with E-state index in [1.165, 1.54) is 11.1 Å². The van der Waals surface area contributed by atoms with Crippen LogP contribution in [0.25, 0.3) is 0 Å². The van der Waals surface area contributed by atoms with Crippen molar-refractivity contribution in [2.45, 2.75) is 20.3 Å². The molecule has 2 aromatic rings. The van der Waals surface area contributed by atoms with Crippen molar-refractivity contribution in [2.75, 3.05) is 11.9 Å². The first-order chi connectivity index (χ1) is 9.56. The van der Waals surface area contributed by atoms with Crippen LogP contribution in [0.1, 0.15) is 16.7 Å². The highest BCUT2D eigenvalue weighted by molar-refractivity contribution is 5.53. The van der Waals surface area contributed by atoms with Gasteiger partial charge in [-0.3, -0.25) is 10.1 Å². The number of nitro benzene ring substituents is 1. The van der Waals surface area contributed by atoms with E-state index in [-0.39, 0.29) is 10.6 Å². The first-order valence-corrected chi connectivity index (χ1v) is 6.61. The Labute approximate surface area is 118 Å². The van der Waals surface area contributed by atoms with E-state index in [0.717, 1.165) is 24.2 Å². The Morgan fingerprint density at radius 3 is 2.60 bits per heavy atom. The lowest BCUT2D eigenvalue weighted by Gasteiger charge is -2.09. The van der Waals surface area contributed by atoms with E-state index < -0.39 is 0 Å². The second-order valence-corrected chi connectivity index (χ2v) is 4.92. The Bertz CT molecular complexity index is 624. The number of nitro groups is 1. The molecule has 2 rings (SSSR count). The summed E-state index contributed by atoms with van der Waals surface area (Å²) >= 11 is 0. The molecule has 0 saturated carbocycles. The Morgan fingerprint density at radius 2 is 1.90 bits per heavy atom. The number of anilines is 1. The third kappa shape index (κ3) is 3.57. The first-order valence-electron chi connectivity index (χ1n) is 6.61. The van der Waals surface area contributed by atoms with Crippen LogP contribution >= 0.6 is 0 Å². The summed E-state index contributed by atoms with van der Waals surface area (Å²) in [6.45, 7) is 4.71. The van der Waals surface area contributed by atoms with E-state index in [2.05, 4.69) is 24.4 Å². The summed E-state index contributed by atoms with van der Waals surface area (Å²) in [5.41, 5.74) is 4.37. The first kappa shape index (κ1) is 14.1. The van der Waals surface area contributed by atoms with Gasteiger partial charge in [-0.05, 0) is 43.0 Å². The van der Waals surface area contributed by atoms with E-state index in [4.69, 9.17) is 0 Å². The quantitative estimate of drug-likeness (QED) is 0.663. The zero-order valence-corrected chi connectivity index (χ0v) is 11.7. The Balaban J connectivity index is 2.01. The van der Waals surface area contributed by atoms with Crippen LogP contribution in [0.2, 0.25) is 0 Å². The third-order valence-electron chi connectivity index (χ3n) is 3.26. The van der Waals surface area contributed by atoms with Gasteiger partial charge in [0.25, 0.3) is 5.69 Å². The fraction of sp³-hybridized carbons (Fsp3) is 0.250. The minimum Gasteiger partial charge on any atom is -0.385 e. The van der Waals surface area contributed by atoms with Gasteiger partial charge in [0, 0.05) is 24.4 Å². The van der Waals surface area contributed by atoms with Gasteiger partial charge >= 0.3 is 0 Å². The van der Waals surface area contributed by atoms with Crippen molar-refractivity contribution in [1.29, 1.82) is 0 Å². The van der Waals surface area contributed by atoms with Gasteiger partial charge in [0.05, 0.1) is 4.92 Å². The summed E-state index contributed by atoms with van der Waals surface area (Å²) in [5.74, 6) is 0. The van der Waals surface area contributed by atoms with Crippen LogP contribution in [0, 0.1) is 24.0 Å². The molecule has 4 nitrogen and oxygen atoms in total. The molecule has 2 aromatic carbocycles. The Kier molecular flexibility index (Phi) is 4.35. The molecule has 0 radical (unpaired) electrons. The normalized spacial score (nSPS) is 10.3. The fourth-order valence-electron chi connectivity index (χ4n) is 2.20. The van der Waals surface area contributed by atoms with Gasteiger partial charge in [-0.25, -0.2) is 0 Å². The molecule has 20 heavy (non-hydrogen) atoms. The monoisotopic (exact) mass is 270 g/mol. The molecule has 0 spiro atoms. The molecule has 4 heteroatoms. The third-order valence-corrected chi connectivity index (χ3v) is 3.26. The molecule has 0 atom stereocenters. The second-order valence-electron chi connectivity index (χ2n) is 4.92. The van der Waals surface area contributed by atoms with Gasteiger partial charge in [-0.15, -0.1) is 0 Å². The fourth-order valence-corrected chi connectivity index (χ4v) is 2.20. The van der Waals surface area contributed by atoms with E-state index in [0.29, 0.717) is 0 Å². The average molecular weight is 270 g/mol. The van der Waals surface area contributed by atoms with Crippen molar-refractivity contribution in [3.05, 3.63) is 69.3 Å². The van der Waals surface area contributed by atoms with Gasteiger partial charge in [0.1, 0.15) is 0 Å². The molecule has 0 aliphatic rings. The van der Waals surface area contributed by atoms with Crippen molar-refractivity contribution in [3.63, 3.8) is 0 Å². The van der Waals surface area contributed by atoms with Crippen LogP contribution in [-0.2, 0) is 6.42 Å². The summed E-state index contributed by atoms with van der Waals surface area (Å²) in [5, 5.41) is 14.1. The van der Waals surface area contributed by atoms with Gasteiger partial charge in [-0.1, -0.05) is 24.3 Å². The van der Waals surface area contributed by atoms with E-state index >= 15 is 0 Å². The van der Waals surface area contributed by atoms with E-state index in [1.807, 2.05) is 25.1 Å². The van der Waals surface area contributed by atoms with Crippen molar-refractivity contribution >= 4 is 11.4 Å². The van der Waals surface area contributed by atoms with Crippen molar-refractivity contribution in [2.24, 2.45) is 0 Å². The highest BCUT2D eigenvalue weighted by Gasteiger charge is 2.07. The van der Waals surface area contributed by atoms with E-state index in [9.17, 15) is 10.1 Å². The van der Waals surface area contributed by atoms with Crippen LogP contribution < -0.4 is 5.32 Å². The second kappa shape index (κ2) is 6.19. The summed E-state index contributed by atoms with van der Waals surface area (Å²) in [6, 6.07) is 13.3. The van der Waals surface area contributed by atoms with Crippen molar-refractivity contribution in [1.82, 2.24) is 0 Å². The minimum absolute atomic E-state index is 0.128. The van der Waals surface area contributed by atoms with Crippen molar-refractivity contribution in [3.8, 4) is 0 Å². The minimum atomic E-state index is -0.362. The van der Waals surface area contributed by atoms with Gasteiger partial charge in [0.15, 0.2) is 0 Å². The summed E-state index contributed by atoms with van der Waals surface area (Å²) < 4.78 is 0. The van der Waals surface area contributed by atoms with Crippen LogP contribution in [-0.4, -0.2) is 11.5 Å². The molecule has 0 bridgehead atoms. The largest absolute Gasteiger partial charge is 0.385 e. The number of hydrogen-bond acceptors (Lipinski definition) is 3. The highest BCUT2D eigenvalue weighted by atomic mass is 16.6. The van der Waals surface area contributed by atoms with E-state index in [1.54, 1.807) is 12.1 Å². The lowest BCUT2D eigenvalue weighted by atomic mass is 10.1. The predicted octanol–water partition coefficient (Wildman–Crippen LogP) is 3.87. The molecule has 0 aliphatic carbocycles. The molecule has 0 fully saturated rings. The lowest BCUT2D eigenvalue weighted by molar-refractivity contribution is -0.384. The van der Waals surface area contributed by atoms with Crippen molar-refractivity contribution < 1.29 is 4.92 Å². The number of nitrogens with one attached hydrogen (secondary N) is 1. The summed E-state index contributed by atoms with van der Waals surface area (Å²) in [7, 11) is 0. The maximum atomic E-state index is 10.8. The smallest absolute Gasteiger partial charge is 0.271 e. The van der Waals surface area contributed by atoms with Crippen LogP contribution in [0.4, 0.5) is 11.4 Å². The summed E-state index contributed by atoms with van der Waals surface area (Å²) in [4.78, 5) is 10.5. The number of nitrogens with zero attached hydrogens (tertiary/aromatic N) is 1. The SMILES string of the molecule is Cc1cc(NCCc2ccccc2C)cc([N+](=O)[O-])c1. The molecule has 0 aromatic heterocycles. The summed E-state index contributed by atoms with van der Waals surface area (Å²) in [6.07, 6.45) is 0.897. The molecule has 0 unspecified atom stereocenters. The van der Waals surface area contributed by atoms with Crippen LogP contribution in [0.5, 0.6) is 0 Å². The molecular weight excluding hydrogens is 252 g/mol. The molecule has 0 heterocycles. The Morgan fingerprint density at radius 1 is 1.15 bits per heavy atom. The highest BCUT2D eigenvalue weighted by Crippen LogP contribution is 2.20. The molecule has 104 valence electrons. The van der Waals surface area contributed by atoms with Gasteiger partial charge in [-0.2, -0.15) is 0 Å². The topological polar surface area (TPSA) is 55.2 Å². The molecular formula is C16H18N2O2. The number of rotatable bonds is 5. The van der Waals surface area contributed by atoms with Crippen LogP contribution in [0.3, 0.4) is 0 Å². The zero-order valence-electron chi connectivity index (χ0n) is 11.7. The maximum absolute atomic E-state index is 10.8. The molecule has 1 N–H and O–H groups in total. The molecule has 0 amide bonds. The number of non-ortho nitro benzene ring substituents is 1. The number of benzene rings is 2. The average Bonchev–Trinajstić information content (AvgIpc) is 2.40. The Hall–Kier alpha value is -2.36. The predicted molar refractivity (Wildman–Crippen MR) is 81.2 cm³/mol. The standard InChI is InChI=1S/C16H18N2O2/c1-12-9-15(11-16(10-12)18(19)20)17-8-7-14-6-4-3-5-13(14)2/h3-6,9-11,17H,7-8H2,1-2H3. The molecule has 0 aliphatic heterocycles.